The average molecular weight is 322 g/mol. The molecule has 2 amide bonds. The number of carbonyl (C=O) groups is 2. The maximum absolute atomic E-state index is 12.6. The Bertz CT molecular complexity index is 509. The van der Waals surface area contributed by atoms with E-state index >= 15 is 0 Å². The number of hydrogen-bond donors (Lipinski definition) is 1. The fraction of sp³-hybridized carbons (Fsp3) is 0.765. The topological polar surface area (TPSA) is 81.9 Å². The smallest absolute Gasteiger partial charge is 0.253 e. The molecule has 0 unspecified atom stereocenters. The first-order chi connectivity index (χ1) is 11.1. The van der Waals surface area contributed by atoms with Crippen LogP contribution >= 0.6 is 0 Å². The first kappa shape index (κ1) is 16.3. The van der Waals surface area contributed by atoms with Crippen molar-refractivity contribution in [2.45, 2.75) is 57.7 Å². The van der Waals surface area contributed by atoms with Crippen LogP contribution in [0.2, 0.25) is 0 Å². The second-order valence-electron chi connectivity index (χ2n) is 6.76. The number of allylic oxidation sites excluding steroid dienone is 1. The van der Waals surface area contributed by atoms with E-state index in [0.29, 0.717) is 12.5 Å². The largest absolute Gasteiger partial charge is 0.498 e. The van der Waals surface area contributed by atoms with E-state index in [-0.39, 0.29) is 17.9 Å². The number of nitrogens with zero attached hydrogens (tertiary/aromatic N) is 1. The van der Waals surface area contributed by atoms with Gasteiger partial charge in [-0.25, -0.2) is 0 Å². The number of nitrogens with two attached hydrogens (primary N) is 1. The highest BCUT2D eigenvalue weighted by Gasteiger charge is 2.37. The Kier molecular flexibility index (Phi) is 4.90. The van der Waals surface area contributed by atoms with Crippen LogP contribution in [0.25, 0.3) is 0 Å². The third-order valence-corrected chi connectivity index (χ3v) is 5.30. The Morgan fingerprint density at radius 2 is 1.91 bits per heavy atom. The predicted molar refractivity (Wildman–Crippen MR) is 84.3 cm³/mol. The van der Waals surface area contributed by atoms with Gasteiger partial charge in [0.15, 0.2) is 0 Å². The van der Waals surface area contributed by atoms with Crippen LogP contribution in [0.15, 0.2) is 11.3 Å². The molecule has 0 spiro atoms. The van der Waals surface area contributed by atoms with Crippen molar-refractivity contribution in [1.29, 1.82) is 0 Å². The average Bonchev–Trinajstić information content (AvgIpc) is 3.05. The first-order valence-electron chi connectivity index (χ1n) is 8.63. The zero-order valence-corrected chi connectivity index (χ0v) is 13.8. The normalized spacial score (nSPS) is 29.5. The summed E-state index contributed by atoms with van der Waals surface area (Å²) in [5.74, 6) is 0.968. The monoisotopic (exact) mass is 322 g/mol. The first-order valence-corrected chi connectivity index (χ1v) is 8.63. The molecule has 2 atom stereocenters. The Balaban J connectivity index is 1.53. The minimum Gasteiger partial charge on any atom is -0.498 e. The molecular formula is C17H26N2O4. The van der Waals surface area contributed by atoms with E-state index in [9.17, 15) is 9.59 Å². The number of rotatable bonds is 3. The van der Waals surface area contributed by atoms with E-state index in [2.05, 4.69) is 0 Å². The Morgan fingerprint density at radius 1 is 1.17 bits per heavy atom. The minimum absolute atomic E-state index is 0.115. The Morgan fingerprint density at radius 3 is 2.52 bits per heavy atom. The highest BCUT2D eigenvalue weighted by Crippen LogP contribution is 2.32. The molecule has 0 saturated carbocycles. The van der Waals surface area contributed by atoms with Crippen molar-refractivity contribution in [3.8, 4) is 0 Å². The summed E-state index contributed by atoms with van der Waals surface area (Å²) in [7, 11) is 0. The van der Waals surface area contributed by atoms with Crippen molar-refractivity contribution < 1.29 is 19.1 Å². The van der Waals surface area contributed by atoms with Crippen molar-refractivity contribution in [1.82, 2.24) is 4.90 Å². The molecular weight excluding hydrogens is 296 g/mol. The van der Waals surface area contributed by atoms with E-state index in [4.69, 9.17) is 15.2 Å². The number of ether oxygens (including phenoxy) is 2. The van der Waals surface area contributed by atoms with Crippen LogP contribution in [0.5, 0.6) is 0 Å². The van der Waals surface area contributed by atoms with E-state index in [1.165, 1.54) is 0 Å². The van der Waals surface area contributed by atoms with Gasteiger partial charge in [0.1, 0.15) is 11.9 Å². The SMILES string of the molecule is CC1=C(C(=O)N2CCC([C@@H]3CC[C@H](C(N)=O)O3)CC2)CCCO1. The zero-order valence-electron chi connectivity index (χ0n) is 13.8. The Hall–Kier alpha value is -1.56. The molecule has 0 aromatic carbocycles. The van der Waals surface area contributed by atoms with Gasteiger partial charge in [0, 0.05) is 13.1 Å². The molecule has 0 aromatic rings. The number of likely N-dealkylation sites (tertiary alicyclic amines) is 1. The van der Waals surface area contributed by atoms with Crippen LogP contribution in [-0.2, 0) is 19.1 Å². The van der Waals surface area contributed by atoms with Gasteiger partial charge in [0.25, 0.3) is 5.91 Å². The van der Waals surface area contributed by atoms with Crippen LogP contribution in [0.3, 0.4) is 0 Å². The van der Waals surface area contributed by atoms with E-state index in [0.717, 1.165) is 62.9 Å². The summed E-state index contributed by atoms with van der Waals surface area (Å²) < 4.78 is 11.3. The van der Waals surface area contributed by atoms with Crippen LogP contribution in [0, 0.1) is 5.92 Å². The fourth-order valence-electron chi connectivity index (χ4n) is 3.88. The summed E-state index contributed by atoms with van der Waals surface area (Å²) in [6.07, 6.45) is 4.89. The summed E-state index contributed by atoms with van der Waals surface area (Å²) in [5.41, 5.74) is 6.15. The Labute approximate surface area is 137 Å². The van der Waals surface area contributed by atoms with Crippen molar-refractivity contribution >= 4 is 11.8 Å². The summed E-state index contributed by atoms with van der Waals surface area (Å²) in [6.45, 7) is 4.10. The van der Waals surface area contributed by atoms with Gasteiger partial charge in [-0.05, 0) is 51.4 Å². The van der Waals surface area contributed by atoms with Gasteiger partial charge in [-0.3, -0.25) is 9.59 Å². The highest BCUT2D eigenvalue weighted by molar-refractivity contribution is 5.94. The number of amides is 2. The standard InChI is InChI=1S/C17H26N2O4/c1-11-13(3-2-10-22-11)17(21)19-8-6-12(7-9-19)14-4-5-15(23-14)16(18)20/h12,14-15H,2-10H2,1H3,(H2,18,20)/t14-,15+/m0/s1. The number of piperidine rings is 1. The zero-order chi connectivity index (χ0) is 16.4. The van der Waals surface area contributed by atoms with Gasteiger partial charge >= 0.3 is 0 Å². The molecule has 3 aliphatic heterocycles. The van der Waals surface area contributed by atoms with E-state index in [1.807, 2.05) is 11.8 Å². The van der Waals surface area contributed by atoms with Gasteiger partial charge in [0.05, 0.1) is 18.3 Å². The molecule has 3 rings (SSSR count). The lowest BCUT2D eigenvalue weighted by atomic mass is 9.89. The number of carbonyl (C=O) groups excluding carboxylic acids is 2. The second kappa shape index (κ2) is 6.91. The van der Waals surface area contributed by atoms with Crippen molar-refractivity contribution in [3.63, 3.8) is 0 Å². The lowest BCUT2D eigenvalue weighted by molar-refractivity contribution is -0.132. The van der Waals surface area contributed by atoms with E-state index < -0.39 is 6.10 Å². The van der Waals surface area contributed by atoms with Gasteiger partial charge in [0.2, 0.25) is 5.91 Å². The molecule has 128 valence electrons. The molecule has 3 heterocycles. The molecule has 3 aliphatic rings. The lowest BCUT2D eigenvalue weighted by Gasteiger charge is -2.35. The minimum atomic E-state index is -0.424. The molecule has 6 nitrogen and oxygen atoms in total. The number of primary amides is 1. The van der Waals surface area contributed by atoms with Gasteiger partial charge < -0.3 is 20.1 Å². The molecule has 2 N–H and O–H groups in total. The molecule has 0 bridgehead atoms. The third-order valence-electron chi connectivity index (χ3n) is 5.30. The van der Waals surface area contributed by atoms with Gasteiger partial charge in [-0.2, -0.15) is 0 Å². The maximum Gasteiger partial charge on any atom is 0.253 e. The van der Waals surface area contributed by atoms with Crippen molar-refractivity contribution in [2.75, 3.05) is 19.7 Å². The third kappa shape index (κ3) is 3.52. The summed E-state index contributed by atoms with van der Waals surface area (Å²) in [5, 5.41) is 0. The molecule has 0 aliphatic carbocycles. The van der Waals surface area contributed by atoms with Crippen LogP contribution in [0.1, 0.15) is 45.4 Å². The lowest BCUT2D eigenvalue weighted by Crippen LogP contribution is -2.42. The molecule has 6 heteroatoms. The molecule has 2 saturated heterocycles. The highest BCUT2D eigenvalue weighted by atomic mass is 16.5. The summed E-state index contributed by atoms with van der Waals surface area (Å²) in [6, 6.07) is 0. The fourth-order valence-corrected chi connectivity index (χ4v) is 3.88. The molecule has 0 radical (unpaired) electrons. The summed E-state index contributed by atoms with van der Waals surface area (Å²) >= 11 is 0. The van der Waals surface area contributed by atoms with Crippen molar-refractivity contribution in [2.24, 2.45) is 11.7 Å². The quantitative estimate of drug-likeness (QED) is 0.850. The van der Waals surface area contributed by atoms with E-state index in [1.54, 1.807) is 0 Å². The predicted octanol–water partition coefficient (Wildman–Crippen LogP) is 1.34. The van der Waals surface area contributed by atoms with Gasteiger partial charge in [-0.15, -0.1) is 0 Å². The molecule has 0 aromatic heterocycles. The van der Waals surface area contributed by atoms with Crippen LogP contribution in [0.4, 0.5) is 0 Å². The molecule has 2 fully saturated rings. The number of hydrogen-bond acceptors (Lipinski definition) is 4. The molecule has 23 heavy (non-hydrogen) atoms. The van der Waals surface area contributed by atoms with Crippen LogP contribution < -0.4 is 5.73 Å². The maximum atomic E-state index is 12.6. The van der Waals surface area contributed by atoms with Gasteiger partial charge in [-0.1, -0.05) is 0 Å². The van der Waals surface area contributed by atoms with Crippen molar-refractivity contribution in [3.05, 3.63) is 11.3 Å². The van der Waals surface area contributed by atoms with Crippen LogP contribution in [-0.4, -0.2) is 48.6 Å². The second-order valence-corrected chi connectivity index (χ2v) is 6.76. The summed E-state index contributed by atoms with van der Waals surface area (Å²) in [4.78, 5) is 25.8.